The molecule has 3 rings (SSSR count). The van der Waals surface area contributed by atoms with Crippen LogP contribution in [0.25, 0.3) is 0 Å². The van der Waals surface area contributed by atoms with Crippen molar-refractivity contribution in [3.63, 3.8) is 0 Å². The zero-order valence-electron chi connectivity index (χ0n) is 11.3. The second-order valence-corrected chi connectivity index (χ2v) is 5.41. The Morgan fingerprint density at radius 1 is 1.33 bits per heavy atom. The summed E-state index contributed by atoms with van der Waals surface area (Å²) < 4.78 is 5.99. The van der Waals surface area contributed by atoms with Crippen LogP contribution in [0.3, 0.4) is 0 Å². The average molecular weight is 289 g/mol. The van der Waals surface area contributed by atoms with Crippen molar-refractivity contribution >= 4 is 18.2 Å². The maximum atomic E-state index is 12.5. The van der Waals surface area contributed by atoms with Crippen LogP contribution in [-0.4, -0.2) is 46.9 Å². The highest BCUT2D eigenvalue weighted by atomic mass is 16.5. The smallest absolute Gasteiger partial charge is 0.407 e. The standard InChI is InChI=1S/C15H15NO5/c17-9-11-13(18)10-3-1-2-4-12(10)21-15(11)5-7-16(8-6-15)14(19)20/h1-4,9,11H,5-8H2,(H,19,20). The number of piperidine rings is 1. The summed E-state index contributed by atoms with van der Waals surface area (Å²) in [4.78, 5) is 36.2. The molecule has 1 saturated heterocycles. The van der Waals surface area contributed by atoms with E-state index in [1.807, 2.05) is 0 Å². The summed E-state index contributed by atoms with van der Waals surface area (Å²) >= 11 is 0. The van der Waals surface area contributed by atoms with Crippen molar-refractivity contribution in [2.24, 2.45) is 5.92 Å². The highest BCUT2D eigenvalue weighted by Gasteiger charge is 2.51. The Labute approximate surface area is 121 Å². The Kier molecular flexibility index (Phi) is 3.16. The van der Waals surface area contributed by atoms with Gasteiger partial charge in [-0.3, -0.25) is 4.79 Å². The molecule has 0 aliphatic carbocycles. The molecule has 0 radical (unpaired) electrons. The van der Waals surface area contributed by atoms with Crippen molar-refractivity contribution in [2.75, 3.05) is 13.1 Å². The van der Waals surface area contributed by atoms with Crippen LogP contribution in [-0.2, 0) is 4.79 Å². The zero-order chi connectivity index (χ0) is 15.0. The number of Topliss-reactive ketones (excluding diaryl/α,β-unsaturated/α-hetero) is 1. The molecule has 0 aromatic heterocycles. The van der Waals surface area contributed by atoms with Crippen molar-refractivity contribution in [3.8, 4) is 5.75 Å². The molecule has 6 heteroatoms. The summed E-state index contributed by atoms with van der Waals surface area (Å²) in [6.07, 6.45) is 0.315. The number of hydrogen-bond acceptors (Lipinski definition) is 4. The maximum Gasteiger partial charge on any atom is 0.407 e. The fraction of sp³-hybridized carbons (Fsp3) is 0.400. The van der Waals surface area contributed by atoms with E-state index in [9.17, 15) is 14.4 Å². The number of aldehydes is 1. The van der Waals surface area contributed by atoms with Crippen LogP contribution in [0.5, 0.6) is 5.75 Å². The molecule has 0 saturated carbocycles. The number of carbonyl (C=O) groups excluding carboxylic acids is 2. The number of hydrogen-bond donors (Lipinski definition) is 1. The molecule has 2 aliphatic heterocycles. The molecule has 0 bridgehead atoms. The van der Waals surface area contributed by atoms with E-state index in [2.05, 4.69) is 0 Å². The minimum atomic E-state index is -0.991. The van der Waals surface area contributed by atoms with Gasteiger partial charge in [0.05, 0.1) is 5.56 Å². The topological polar surface area (TPSA) is 83.9 Å². The van der Waals surface area contributed by atoms with Gasteiger partial charge in [0, 0.05) is 25.9 Å². The number of carboxylic acid groups (broad SMARTS) is 1. The predicted octanol–water partition coefficient (Wildman–Crippen LogP) is 1.59. The van der Waals surface area contributed by atoms with E-state index >= 15 is 0 Å². The summed E-state index contributed by atoms with van der Waals surface area (Å²) in [5, 5.41) is 9.01. The second kappa shape index (κ2) is 4.87. The van der Waals surface area contributed by atoms with Crippen LogP contribution < -0.4 is 4.74 Å². The average Bonchev–Trinajstić information content (AvgIpc) is 2.48. The maximum absolute atomic E-state index is 12.5. The Morgan fingerprint density at radius 3 is 2.62 bits per heavy atom. The van der Waals surface area contributed by atoms with Gasteiger partial charge in [0.1, 0.15) is 23.6 Å². The fourth-order valence-electron chi connectivity index (χ4n) is 3.12. The van der Waals surface area contributed by atoms with Gasteiger partial charge in [-0.2, -0.15) is 0 Å². The van der Waals surface area contributed by atoms with Gasteiger partial charge >= 0.3 is 6.09 Å². The van der Waals surface area contributed by atoms with Crippen molar-refractivity contribution in [3.05, 3.63) is 29.8 Å². The number of benzene rings is 1. The van der Waals surface area contributed by atoms with Gasteiger partial charge < -0.3 is 19.5 Å². The normalized spacial score (nSPS) is 23.3. The summed E-state index contributed by atoms with van der Waals surface area (Å²) in [5.74, 6) is -0.636. The first kappa shape index (κ1) is 13.6. The Bertz CT molecular complexity index is 604. The first-order valence-electron chi connectivity index (χ1n) is 6.83. The number of para-hydroxylation sites is 1. The third-order valence-electron chi connectivity index (χ3n) is 4.33. The van der Waals surface area contributed by atoms with Crippen LogP contribution in [0.1, 0.15) is 23.2 Å². The van der Waals surface area contributed by atoms with Crippen molar-refractivity contribution < 1.29 is 24.2 Å². The van der Waals surface area contributed by atoms with Crippen molar-refractivity contribution in [2.45, 2.75) is 18.4 Å². The number of likely N-dealkylation sites (tertiary alicyclic amines) is 1. The lowest BCUT2D eigenvalue weighted by Crippen LogP contribution is -2.57. The largest absolute Gasteiger partial charge is 0.485 e. The van der Waals surface area contributed by atoms with Crippen molar-refractivity contribution in [1.82, 2.24) is 4.90 Å². The lowest BCUT2D eigenvalue weighted by atomic mass is 9.74. The molecule has 1 atom stereocenters. The molecule has 110 valence electrons. The Balaban J connectivity index is 1.94. The third kappa shape index (κ3) is 2.07. The van der Waals surface area contributed by atoms with E-state index in [0.717, 1.165) is 0 Å². The van der Waals surface area contributed by atoms with Crippen LogP contribution in [0, 0.1) is 5.92 Å². The van der Waals surface area contributed by atoms with E-state index < -0.39 is 17.6 Å². The van der Waals surface area contributed by atoms with E-state index in [1.54, 1.807) is 24.3 Å². The van der Waals surface area contributed by atoms with Gasteiger partial charge in [0.25, 0.3) is 0 Å². The number of amides is 1. The summed E-state index contributed by atoms with van der Waals surface area (Å²) in [5.41, 5.74) is -0.500. The Hall–Kier alpha value is -2.37. The van der Waals surface area contributed by atoms with Gasteiger partial charge in [-0.05, 0) is 12.1 Å². The number of nitrogens with zero attached hydrogens (tertiary/aromatic N) is 1. The lowest BCUT2D eigenvalue weighted by molar-refractivity contribution is -0.119. The molecule has 21 heavy (non-hydrogen) atoms. The number of carbonyl (C=O) groups is 3. The molecule has 6 nitrogen and oxygen atoms in total. The van der Waals surface area contributed by atoms with Crippen LogP contribution >= 0.6 is 0 Å². The summed E-state index contributed by atoms with van der Waals surface area (Å²) in [7, 11) is 0. The third-order valence-corrected chi connectivity index (χ3v) is 4.33. The molecule has 1 fully saturated rings. The van der Waals surface area contributed by atoms with Gasteiger partial charge in [-0.15, -0.1) is 0 Å². The van der Waals surface area contributed by atoms with Crippen LogP contribution in [0.15, 0.2) is 24.3 Å². The van der Waals surface area contributed by atoms with E-state index in [-0.39, 0.29) is 18.9 Å². The molecular weight excluding hydrogens is 274 g/mol. The highest BCUT2D eigenvalue weighted by Crippen LogP contribution is 2.42. The lowest BCUT2D eigenvalue weighted by Gasteiger charge is -2.46. The SMILES string of the molecule is O=CC1C(=O)c2ccccc2OC12CCN(C(=O)O)CC2. The summed E-state index contributed by atoms with van der Waals surface area (Å²) in [6, 6.07) is 6.85. The van der Waals surface area contributed by atoms with Crippen LogP contribution in [0.4, 0.5) is 4.79 Å². The molecule has 1 aromatic rings. The number of ether oxygens (including phenoxy) is 1. The number of rotatable bonds is 1. The minimum Gasteiger partial charge on any atom is -0.485 e. The zero-order valence-corrected chi connectivity index (χ0v) is 11.3. The minimum absolute atomic E-state index is 0.240. The fourth-order valence-corrected chi connectivity index (χ4v) is 3.12. The van der Waals surface area contributed by atoms with E-state index in [1.165, 1.54) is 4.90 Å². The first-order chi connectivity index (χ1) is 10.1. The first-order valence-corrected chi connectivity index (χ1v) is 6.83. The molecule has 2 aliphatic rings. The molecule has 1 aromatic carbocycles. The predicted molar refractivity (Wildman–Crippen MR) is 72.5 cm³/mol. The monoisotopic (exact) mass is 289 g/mol. The number of fused-ring (bicyclic) bond motifs is 1. The van der Waals surface area contributed by atoms with Crippen molar-refractivity contribution in [1.29, 1.82) is 0 Å². The highest BCUT2D eigenvalue weighted by molar-refractivity contribution is 6.09. The summed E-state index contributed by atoms with van der Waals surface area (Å²) in [6.45, 7) is 0.518. The van der Waals surface area contributed by atoms with E-state index in [0.29, 0.717) is 30.4 Å². The molecule has 2 heterocycles. The molecule has 1 amide bonds. The van der Waals surface area contributed by atoms with Gasteiger partial charge in [0.2, 0.25) is 0 Å². The molecule has 1 unspecified atom stereocenters. The molecule has 1 spiro atoms. The Morgan fingerprint density at radius 2 is 2.00 bits per heavy atom. The number of ketones is 1. The van der Waals surface area contributed by atoms with Gasteiger partial charge in [-0.25, -0.2) is 4.79 Å². The van der Waals surface area contributed by atoms with E-state index in [4.69, 9.17) is 9.84 Å². The quantitative estimate of drug-likeness (QED) is 0.627. The molecule has 1 N–H and O–H groups in total. The molecular formula is C15H15NO5. The van der Waals surface area contributed by atoms with Gasteiger partial charge in [0.15, 0.2) is 5.78 Å². The second-order valence-electron chi connectivity index (χ2n) is 5.41. The van der Waals surface area contributed by atoms with Crippen LogP contribution in [0.2, 0.25) is 0 Å². The van der Waals surface area contributed by atoms with Gasteiger partial charge in [-0.1, -0.05) is 12.1 Å².